The number of hydrogen-bond donors (Lipinski definition) is 1. The normalized spacial score (nSPS) is 11.5. The van der Waals surface area contributed by atoms with Gasteiger partial charge in [-0.3, -0.25) is 4.57 Å². The maximum atomic E-state index is 13.9. The summed E-state index contributed by atoms with van der Waals surface area (Å²) in [6, 6.07) is 11.4. The SMILES string of the molecule is CC(C)c1ccccc1-n1c(=S)[nH]c2cc(I)c(F)cc21. The summed E-state index contributed by atoms with van der Waals surface area (Å²) in [7, 11) is 0. The van der Waals surface area contributed by atoms with E-state index in [9.17, 15) is 4.39 Å². The number of halogens is 2. The third kappa shape index (κ3) is 2.53. The number of nitrogens with zero attached hydrogens (tertiary/aromatic N) is 1. The van der Waals surface area contributed by atoms with Crippen molar-refractivity contribution in [2.45, 2.75) is 19.8 Å². The monoisotopic (exact) mass is 412 g/mol. The third-order valence-corrected chi connectivity index (χ3v) is 4.64. The molecule has 0 aliphatic rings. The number of H-pyrrole nitrogens is 1. The van der Waals surface area contributed by atoms with Crippen LogP contribution in [0.2, 0.25) is 0 Å². The molecule has 2 nitrogen and oxygen atoms in total. The number of aromatic amines is 1. The minimum Gasteiger partial charge on any atom is -0.330 e. The first-order valence-electron chi connectivity index (χ1n) is 6.68. The topological polar surface area (TPSA) is 20.7 Å². The minimum absolute atomic E-state index is 0.229. The zero-order valence-corrected chi connectivity index (χ0v) is 14.6. The summed E-state index contributed by atoms with van der Waals surface area (Å²) in [6.07, 6.45) is 0. The van der Waals surface area contributed by atoms with E-state index in [0.717, 1.165) is 16.7 Å². The molecule has 0 atom stereocenters. The fourth-order valence-corrected chi connectivity index (χ4v) is 3.29. The molecule has 1 aromatic heterocycles. The Morgan fingerprint density at radius 2 is 1.95 bits per heavy atom. The van der Waals surface area contributed by atoms with Crippen molar-refractivity contribution in [3.05, 3.63) is 56.1 Å². The molecule has 3 rings (SSSR count). The highest BCUT2D eigenvalue weighted by Gasteiger charge is 2.14. The van der Waals surface area contributed by atoms with Crippen molar-refractivity contribution in [2.75, 3.05) is 0 Å². The molecular weight excluding hydrogens is 398 g/mol. The lowest BCUT2D eigenvalue weighted by Crippen LogP contribution is -2.01. The van der Waals surface area contributed by atoms with Crippen molar-refractivity contribution >= 4 is 45.8 Å². The molecule has 21 heavy (non-hydrogen) atoms. The van der Waals surface area contributed by atoms with Crippen LogP contribution in [-0.4, -0.2) is 9.55 Å². The first kappa shape index (κ1) is 14.7. The fourth-order valence-electron chi connectivity index (χ4n) is 2.52. The van der Waals surface area contributed by atoms with E-state index >= 15 is 0 Å². The molecule has 3 aromatic rings. The van der Waals surface area contributed by atoms with Crippen LogP contribution in [0.1, 0.15) is 25.3 Å². The van der Waals surface area contributed by atoms with Gasteiger partial charge in [0.1, 0.15) is 5.82 Å². The van der Waals surface area contributed by atoms with E-state index < -0.39 is 0 Å². The molecule has 1 N–H and O–H groups in total. The van der Waals surface area contributed by atoms with Crippen molar-refractivity contribution in [3.8, 4) is 5.69 Å². The second-order valence-electron chi connectivity index (χ2n) is 5.26. The molecule has 0 fully saturated rings. The maximum absolute atomic E-state index is 13.9. The van der Waals surface area contributed by atoms with Crippen molar-refractivity contribution in [1.82, 2.24) is 9.55 Å². The van der Waals surface area contributed by atoms with Crippen molar-refractivity contribution in [2.24, 2.45) is 0 Å². The van der Waals surface area contributed by atoms with Gasteiger partial charge in [0.25, 0.3) is 0 Å². The number of nitrogens with one attached hydrogen (secondary N) is 1. The lowest BCUT2D eigenvalue weighted by Gasteiger charge is -2.14. The van der Waals surface area contributed by atoms with Gasteiger partial charge in [0.05, 0.1) is 20.3 Å². The average molecular weight is 412 g/mol. The summed E-state index contributed by atoms with van der Waals surface area (Å²) in [5.41, 5.74) is 3.81. The van der Waals surface area contributed by atoms with Crippen molar-refractivity contribution in [1.29, 1.82) is 0 Å². The summed E-state index contributed by atoms with van der Waals surface area (Å²) in [5.74, 6) is 0.134. The lowest BCUT2D eigenvalue weighted by molar-refractivity contribution is 0.621. The highest BCUT2D eigenvalue weighted by atomic mass is 127. The van der Waals surface area contributed by atoms with Crippen molar-refractivity contribution in [3.63, 3.8) is 0 Å². The van der Waals surface area contributed by atoms with Gasteiger partial charge in [-0.2, -0.15) is 0 Å². The van der Waals surface area contributed by atoms with E-state index in [0.29, 0.717) is 14.3 Å². The summed E-state index contributed by atoms with van der Waals surface area (Å²) >= 11 is 7.44. The van der Waals surface area contributed by atoms with Gasteiger partial charge in [-0.05, 0) is 58.4 Å². The van der Waals surface area contributed by atoms with Crippen LogP contribution in [0.4, 0.5) is 4.39 Å². The Labute approximate surface area is 141 Å². The predicted molar refractivity (Wildman–Crippen MR) is 95.2 cm³/mol. The van der Waals surface area contributed by atoms with E-state index in [1.807, 2.05) is 45.4 Å². The van der Waals surface area contributed by atoms with Crippen LogP contribution in [0.5, 0.6) is 0 Å². The number of para-hydroxylation sites is 1. The quantitative estimate of drug-likeness (QED) is 0.432. The summed E-state index contributed by atoms with van der Waals surface area (Å²) in [6.45, 7) is 4.28. The van der Waals surface area contributed by atoms with Crippen molar-refractivity contribution < 1.29 is 4.39 Å². The molecule has 0 saturated carbocycles. The molecule has 2 aromatic carbocycles. The standard InChI is InChI=1S/C16H14FIN2S/c1-9(2)10-5-3-4-6-14(10)20-15-7-11(17)12(18)8-13(15)19-16(20)21/h3-9H,1-2H3,(H,19,21). The van der Waals surface area contributed by atoms with Gasteiger partial charge >= 0.3 is 0 Å². The summed E-state index contributed by atoms with van der Waals surface area (Å²) < 4.78 is 17.0. The Morgan fingerprint density at radius 3 is 2.67 bits per heavy atom. The van der Waals surface area contributed by atoms with Crippen LogP contribution in [0.3, 0.4) is 0 Å². The molecule has 0 amide bonds. The van der Waals surface area contributed by atoms with Crippen LogP contribution in [-0.2, 0) is 0 Å². The van der Waals surface area contributed by atoms with Gasteiger partial charge in [-0.1, -0.05) is 32.0 Å². The van der Waals surface area contributed by atoms with Gasteiger partial charge in [0.15, 0.2) is 4.77 Å². The zero-order chi connectivity index (χ0) is 15.1. The first-order valence-corrected chi connectivity index (χ1v) is 8.17. The van der Waals surface area contributed by atoms with Gasteiger partial charge in [0, 0.05) is 6.07 Å². The number of rotatable bonds is 2. The highest BCUT2D eigenvalue weighted by molar-refractivity contribution is 14.1. The number of aromatic nitrogens is 2. The summed E-state index contributed by atoms with van der Waals surface area (Å²) in [5, 5.41) is 0. The highest BCUT2D eigenvalue weighted by Crippen LogP contribution is 2.28. The molecule has 5 heteroatoms. The van der Waals surface area contributed by atoms with Crippen LogP contribution in [0, 0.1) is 14.2 Å². The number of fused-ring (bicyclic) bond motifs is 1. The molecule has 0 saturated heterocycles. The van der Waals surface area contributed by atoms with Crippen LogP contribution in [0.15, 0.2) is 36.4 Å². The largest absolute Gasteiger partial charge is 0.330 e. The Balaban J connectivity index is 2.38. The van der Waals surface area contributed by atoms with Crippen LogP contribution < -0.4 is 0 Å². The Hall–Kier alpha value is -1.21. The van der Waals surface area contributed by atoms with E-state index in [1.165, 1.54) is 5.56 Å². The number of hydrogen-bond acceptors (Lipinski definition) is 1. The second kappa shape index (κ2) is 5.53. The Morgan fingerprint density at radius 1 is 1.24 bits per heavy atom. The first-order chi connectivity index (χ1) is 9.99. The minimum atomic E-state index is -0.229. The Kier molecular flexibility index (Phi) is 3.88. The molecule has 0 aliphatic carbocycles. The number of benzene rings is 2. The number of imidazole rings is 1. The molecule has 108 valence electrons. The fraction of sp³-hybridized carbons (Fsp3) is 0.188. The van der Waals surface area contributed by atoms with E-state index in [2.05, 4.69) is 24.9 Å². The van der Waals surface area contributed by atoms with Crippen LogP contribution >= 0.6 is 34.8 Å². The van der Waals surface area contributed by atoms with Gasteiger partial charge in [-0.15, -0.1) is 0 Å². The molecule has 0 spiro atoms. The smallest absolute Gasteiger partial charge is 0.182 e. The van der Waals surface area contributed by atoms with Crippen LogP contribution in [0.25, 0.3) is 16.7 Å². The van der Waals surface area contributed by atoms with E-state index in [-0.39, 0.29) is 5.82 Å². The molecule has 0 radical (unpaired) electrons. The molecular formula is C16H14FIN2S. The Bertz CT molecular complexity index is 880. The predicted octanol–water partition coefficient (Wildman–Crippen LogP) is 5.56. The lowest BCUT2D eigenvalue weighted by atomic mass is 10.0. The molecule has 0 aliphatic heterocycles. The third-order valence-electron chi connectivity index (χ3n) is 3.52. The molecule has 1 heterocycles. The molecule has 0 bridgehead atoms. The molecule has 0 unspecified atom stereocenters. The van der Waals surface area contributed by atoms with Gasteiger partial charge < -0.3 is 4.98 Å². The van der Waals surface area contributed by atoms with Gasteiger partial charge in [-0.25, -0.2) is 4.39 Å². The summed E-state index contributed by atoms with van der Waals surface area (Å²) in [4.78, 5) is 3.17. The van der Waals surface area contributed by atoms with E-state index in [1.54, 1.807) is 12.1 Å². The zero-order valence-electron chi connectivity index (χ0n) is 11.7. The second-order valence-corrected chi connectivity index (χ2v) is 6.81. The van der Waals surface area contributed by atoms with Gasteiger partial charge in [0.2, 0.25) is 0 Å². The average Bonchev–Trinajstić information content (AvgIpc) is 2.74. The maximum Gasteiger partial charge on any atom is 0.182 e. The van der Waals surface area contributed by atoms with E-state index in [4.69, 9.17) is 12.2 Å².